The van der Waals surface area contributed by atoms with Gasteiger partial charge in [-0.3, -0.25) is 0 Å². The Morgan fingerprint density at radius 1 is 1.33 bits per heavy atom. The summed E-state index contributed by atoms with van der Waals surface area (Å²) >= 11 is 1.71. The summed E-state index contributed by atoms with van der Waals surface area (Å²) in [6.45, 7) is 3.95. The third kappa shape index (κ3) is 2.06. The first-order valence-corrected chi connectivity index (χ1v) is 5.65. The van der Waals surface area contributed by atoms with Gasteiger partial charge in [-0.1, -0.05) is 0 Å². The lowest BCUT2D eigenvalue weighted by atomic mass is 10.1. The zero-order valence-corrected chi connectivity index (χ0v) is 9.58. The van der Waals surface area contributed by atoms with Crippen LogP contribution in [-0.4, -0.2) is 9.97 Å². The molecule has 2 aromatic rings. The molecule has 0 saturated carbocycles. The maximum Gasteiger partial charge on any atom is 0.125 e. The van der Waals surface area contributed by atoms with E-state index in [0.717, 1.165) is 17.1 Å². The van der Waals surface area contributed by atoms with E-state index >= 15 is 0 Å². The van der Waals surface area contributed by atoms with Crippen molar-refractivity contribution in [3.8, 4) is 0 Å². The molecule has 2 aromatic heterocycles. The van der Waals surface area contributed by atoms with Crippen LogP contribution in [0.4, 0.5) is 0 Å². The molecule has 3 nitrogen and oxygen atoms in total. The van der Waals surface area contributed by atoms with Crippen molar-refractivity contribution in [1.29, 1.82) is 0 Å². The van der Waals surface area contributed by atoms with Crippen LogP contribution in [0.25, 0.3) is 0 Å². The van der Waals surface area contributed by atoms with Crippen LogP contribution in [0, 0.1) is 13.8 Å². The van der Waals surface area contributed by atoms with Crippen molar-refractivity contribution in [2.45, 2.75) is 19.9 Å². The van der Waals surface area contributed by atoms with Gasteiger partial charge in [-0.15, -0.1) is 11.3 Å². The van der Waals surface area contributed by atoms with Crippen molar-refractivity contribution < 1.29 is 0 Å². The highest BCUT2D eigenvalue weighted by Crippen LogP contribution is 2.24. The molecular weight excluding hydrogens is 206 g/mol. The highest BCUT2D eigenvalue weighted by atomic mass is 32.1. The zero-order valence-electron chi connectivity index (χ0n) is 8.77. The van der Waals surface area contributed by atoms with Crippen molar-refractivity contribution in [2.24, 2.45) is 5.73 Å². The highest BCUT2D eigenvalue weighted by molar-refractivity contribution is 7.10. The molecule has 1 unspecified atom stereocenters. The zero-order chi connectivity index (χ0) is 10.8. The van der Waals surface area contributed by atoms with Gasteiger partial charge in [-0.05, 0) is 36.9 Å². The molecule has 15 heavy (non-hydrogen) atoms. The molecule has 4 heteroatoms. The Hall–Kier alpha value is -1.26. The Kier molecular flexibility index (Phi) is 2.79. The lowest BCUT2D eigenvalue weighted by Crippen LogP contribution is -2.14. The second-order valence-corrected chi connectivity index (χ2v) is 4.56. The fourth-order valence-electron chi connectivity index (χ4n) is 1.52. The summed E-state index contributed by atoms with van der Waals surface area (Å²) in [4.78, 5) is 9.65. The fraction of sp³-hybridized carbons (Fsp3) is 0.273. The summed E-state index contributed by atoms with van der Waals surface area (Å²) in [5.41, 5.74) is 8.18. The molecule has 2 N–H and O–H groups in total. The van der Waals surface area contributed by atoms with E-state index < -0.39 is 0 Å². The summed E-state index contributed by atoms with van der Waals surface area (Å²) in [6, 6.07) is 3.79. The molecule has 78 valence electrons. The Morgan fingerprint density at radius 2 is 2.13 bits per heavy atom. The van der Waals surface area contributed by atoms with Crippen LogP contribution in [0.3, 0.4) is 0 Å². The van der Waals surface area contributed by atoms with Gasteiger partial charge in [0.05, 0.1) is 11.7 Å². The summed E-state index contributed by atoms with van der Waals surface area (Å²) in [5.74, 6) is 0.760. The average molecular weight is 219 g/mol. The predicted octanol–water partition coefficient (Wildman–Crippen LogP) is 2.20. The smallest absolute Gasteiger partial charge is 0.125 e. The van der Waals surface area contributed by atoms with E-state index in [0.29, 0.717) is 0 Å². The molecule has 0 aliphatic rings. The van der Waals surface area contributed by atoms with Crippen molar-refractivity contribution >= 4 is 11.3 Å². The van der Waals surface area contributed by atoms with E-state index in [1.165, 1.54) is 4.88 Å². The molecule has 0 aromatic carbocycles. The molecule has 2 rings (SSSR count). The van der Waals surface area contributed by atoms with Gasteiger partial charge in [0, 0.05) is 11.1 Å². The maximum atomic E-state index is 6.15. The van der Waals surface area contributed by atoms with Gasteiger partial charge in [0.15, 0.2) is 0 Å². The Balaban J connectivity index is 2.36. The van der Waals surface area contributed by atoms with Gasteiger partial charge in [-0.25, -0.2) is 9.97 Å². The van der Waals surface area contributed by atoms with E-state index in [1.807, 2.05) is 13.0 Å². The first kappa shape index (κ1) is 10.3. The van der Waals surface area contributed by atoms with E-state index in [2.05, 4.69) is 28.3 Å². The SMILES string of the molecule is Cc1nccc(C(N)c2ccsc2C)n1. The molecule has 0 fully saturated rings. The number of hydrogen-bond acceptors (Lipinski definition) is 4. The number of hydrogen-bond donors (Lipinski definition) is 1. The molecule has 0 radical (unpaired) electrons. The molecule has 0 aliphatic carbocycles. The number of aromatic nitrogens is 2. The van der Waals surface area contributed by atoms with Gasteiger partial charge < -0.3 is 5.73 Å². The monoisotopic (exact) mass is 219 g/mol. The molecule has 0 spiro atoms. The molecule has 0 aliphatic heterocycles. The number of aryl methyl sites for hydroxylation is 2. The van der Waals surface area contributed by atoms with E-state index in [4.69, 9.17) is 5.73 Å². The standard InChI is InChI=1S/C11H13N3S/c1-7-9(4-6-15-7)11(12)10-3-5-13-8(2)14-10/h3-6,11H,12H2,1-2H3. The van der Waals surface area contributed by atoms with Crippen LogP contribution in [0.1, 0.15) is 28.0 Å². The van der Waals surface area contributed by atoms with Gasteiger partial charge >= 0.3 is 0 Å². The van der Waals surface area contributed by atoms with Crippen LogP contribution in [0.15, 0.2) is 23.7 Å². The summed E-state index contributed by atoms with van der Waals surface area (Å²) < 4.78 is 0. The topological polar surface area (TPSA) is 51.8 Å². The normalized spacial score (nSPS) is 12.7. The number of nitrogens with zero attached hydrogens (tertiary/aromatic N) is 2. The molecule has 2 heterocycles. The molecule has 1 atom stereocenters. The summed E-state index contributed by atoms with van der Waals surface area (Å²) in [6.07, 6.45) is 1.75. The van der Waals surface area contributed by atoms with Gasteiger partial charge in [0.2, 0.25) is 0 Å². The first-order valence-electron chi connectivity index (χ1n) is 4.77. The van der Waals surface area contributed by atoms with Gasteiger partial charge in [0.1, 0.15) is 5.82 Å². The van der Waals surface area contributed by atoms with E-state index in [9.17, 15) is 0 Å². The molecule has 0 saturated heterocycles. The van der Waals surface area contributed by atoms with Crippen LogP contribution in [-0.2, 0) is 0 Å². The van der Waals surface area contributed by atoms with E-state index in [1.54, 1.807) is 17.5 Å². The second kappa shape index (κ2) is 4.08. The Labute approximate surface area is 93.0 Å². The quantitative estimate of drug-likeness (QED) is 0.842. The highest BCUT2D eigenvalue weighted by Gasteiger charge is 2.13. The lowest BCUT2D eigenvalue weighted by Gasteiger charge is -2.10. The number of rotatable bonds is 2. The van der Waals surface area contributed by atoms with Gasteiger partial charge in [-0.2, -0.15) is 0 Å². The van der Waals surface area contributed by atoms with Crippen molar-refractivity contribution in [2.75, 3.05) is 0 Å². The minimum atomic E-state index is -0.141. The summed E-state index contributed by atoms with van der Waals surface area (Å²) in [7, 11) is 0. The minimum absolute atomic E-state index is 0.141. The molecular formula is C11H13N3S. The van der Waals surface area contributed by atoms with Gasteiger partial charge in [0.25, 0.3) is 0 Å². The molecule has 0 amide bonds. The minimum Gasteiger partial charge on any atom is -0.319 e. The third-order valence-electron chi connectivity index (χ3n) is 2.35. The van der Waals surface area contributed by atoms with Crippen LogP contribution >= 0.6 is 11.3 Å². The van der Waals surface area contributed by atoms with Crippen molar-refractivity contribution in [3.05, 3.63) is 45.7 Å². The van der Waals surface area contributed by atoms with Crippen molar-refractivity contribution in [3.63, 3.8) is 0 Å². The second-order valence-electron chi connectivity index (χ2n) is 3.44. The fourth-order valence-corrected chi connectivity index (χ4v) is 2.27. The van der Waals surface area contributed by atoms with E-state index in [-0.39, 0.29) is 6.04 Å². The Bertz CT molecular complexity index is 464. The van der Waals surface area contributed by atoms with Crippen LogP contribution in [0.5, 0.6) is 0 Å². The van der Waals surface area contributed by atoms with Crippen LogP contribution in [0.2, 0.25) is 0 Å². The van der Waals surface area contributed by atoms with Crippen LogP contribution < -0.4 is 5.73 Å². The largest absolute Gasteiger partial charge is 0.319 e. The lowest BCUT2D eigenvalue weighted by molar-refractivity contribution is 0.806. The first-order chi connectivity index (χ1) is 7.18. The third-order valence-corrected chi connectivity index (χ3v) is 3.21. The Morgan fingerprint density at radius 3 is 2.73 bits per heavy atom. The average Bonchev–Trinajstić information content (AvgIpc) is 2.63. The number of nitrogens with two attached hydrogens (primary N) is 1. The molecule has 0 bridgehead atoms. The predicted molar refractivity (Wildman–Crippen MR) is 61.9 cm³/mol. The maximum absolute atomic E-state index is 6.15. The summed E-state index contributed by atoms with van der Waals surface area (Å²) in [5, 5.41) is 2.05. The van der Waals surface area contributed by atoms with Crippen molar-refractivity contribution in [1.82, 2.24) is 9.97 Å². The number of thiophene rings is 1.